The topological polar surface area (TPSA) is 29.1 Å². The summed E-state index contributed by atoms with van der Waals surface area (Å²) < 4.78 is 0. The van der Waals surface area contributed by atoms with Crippen molar-refractivity contribution in [1.82, 2.24) is 5.32 Å². The van der Waals surface area contributed by atoms with E-state index in [1.54, 1.807) is 11.8 Å². The average molecular weight is 201 g/mol. The predicted octanol–water partition coefficient (Wildman–Crippen LogP) is 2.04. The molecule has 0 aliphatic heterocycles. The molecule has 0 aromatic carbocycles. The molecule has 1 amide bonds. The molecule has 1 rings (SSSR count). The lowest BCUT2D eigenvalue weighted by molar-refractivity contribution is -0.123. The van der Waals surface area contributed by atoms with Crippen LogP contribution in [0.1, 0.15) is 33.6 Å². The molecule has 0 aromatic rings. The van der Waals surface area contributed by atoms with Gasteiger partial charge in [0, 0.05) is 6.04 Å². The summed E-state index contributed by atoms with van der Waals surface area (Å²) in [4.78, 5) is 11.5. The summed E-state index contributed by atoms with van der Waals surface area (Å²) >= 11 is 1.60. The van der Waals surface area contributed by atoms with Crippen molar-refractivity contribution >= 4 is 17.7 Å². The Hall–Kier alpha value is -0.180. The third-order valence-electron chi connectivity index (χ3n) is 3.06. The lowest BCUT2D eigenvalue weighted by Gasteiger charge is -2.45. The molecule has 2 unspecified atom stereocenters. The maximum atomic E-state index is 11.5. The molecule has 1 aliphatic rings. The molecule has 13 heavy (non-hydrogen) atoms. The third kappa shape index (κ3) is 2.39. The van der Waals surface area contributed by atoms with Gasteiger partial charge in [-0.15, -0.1) is 0 Å². The van der Waals surface area contributed by atoms with Crippen molar-refractivity contribution in [2.75, 3.05) is 6.26 Å². The van der Waals surface area contributed by atoms with Crippen LogP contribution in [0.2, 0.25) is 0 Å². The second-order valence-electron chi connectivity index (χ2n) is 4.47. The van der Waals surface area contributed by atoms with Crippen LogP contribution in [0.3, 0.4) is 0 Å². The van der Waals surface area contributed by atoms with E-state index in [2.05, 4.69) is 19.2 Å². The van der Waals surface area contributed by atoms with Gasteiger partial charge >= 0.3 is 0 Å². The lowest BCUT2D eigenvalue weighted by Crippen LogP contribution is -2.53. The number of nitrogens with one attached hydrogen (secondary N) is 1. The van der Waals surface area contributed by atoms with Gasteiger partial charge in [-0.25, -0.2) is 0 Å². The summed E-state index contributed by atoms with van der Waals surface area (Å²) in [6.07, 6.45) is 4.33. The van der Waals surface area contributed by atoms with Crippen LogP contribution in [0.15, 0.2) is 0 Å². The fourth-order valence-corrected chi connectivity index (χ4v) is 1.81. The molecule has 2 atom stereocenters. The van der Waals surface area contributed by atoms with Gasteiger partial charge in [0.05, 0.1) is 5.25 Å². The number of thioether (sulfide) groups is 1. The van der Waals surface area contributed by atoms with E-state index in [1.165, 1.54) is 6.42 Å². The molecule has 0 heterocycles. The van der Waals surface area contributed by atoms with Gasteiger partial charge in [-0.3, -0.25) is 4.79 Å². The maximum absolute atomic E-state index is 11.5. The Morgan fingerprint density at radius 2 is 2.23 bits per heavy atom. The van der Waals surface area contributed by atoms with Crippen molar-refractivity contribution in [2.45, 2.75) is 44.9 Å². The van der Waals surface area contributed by atoms with Crippen LogP contribution < -0.4 is 5.32 Å². The second kappa shape index (κ2) is 3.91. The quantitative estimate of drug-likeness (QED) is 0.757. The average Bonchev–Trinajstić information content (AvgIpc) is 2.10. The summed E-state index contributed by atoms with van der Waals surface area (Å²) in [5, 5.41) is 3.18. The molecule has 1 fully saturated rings. The van der Waals surface area contributed by atoms with Gasteiger partial charge in [0.1, 0.15) is 0 Å². The minimum Gasteiger partial charge on any atom is -0.352 e. The Balaban J connectivity index is 2.37. The molecule has 0 saturated heterocycles. The molecular weight excluding hydrogens is 182 g/mol. The van der Waals surface area contributed by atoms with Crippen molar-refractivity contribution in [3.05, 3.63) is 0 Å². The summed E-state index contributed by atoms with van der Waals surface area (Å²) in [5.41, 5.74) is 0.313. The number of hydrogen-bond acceptors (Lipinski definition) is 2. The molecular formula is C10H19NOS. The van der Waals surface area contributed by atoms with Crippen LogP contribution in [0, 0.1) is 5.41 Å². The SMILES string of the molecule is CSC(C)C(=O)NC1CCC1(C)C. The van der Waals surface area contributed by atoms with E-state index in [0.29, 0.717) is 11.5 Å². The van der Waals surface area contributed by atoms with E-state index >= 15 is 0 Å². The van der Waals surface area contributed by atoms with Gasteiger partial charge in [-0.2, -0.15) is 11.8 Å². The molecule has 0 aromatic heterocycles. The highest BCUT2D eigenvalue weighted by Gasteiger charge is 2.39. The Morgan fingerprint density at radius 1 is 1.62 bits per heavy atom. The lowest BCUT2D eigenvalue weighted by atomic mass is 9.67. The Kier molecular flexibility index (Phi) is 3.28. The van der Waals surface area contributed by atoms with Crippen molar-refractivity contribution < 1.29 is 4.79 Å². The van der Waals surface area contributed by atoms with Crippen molar-refractivity contribution in [3.63, 3.8) is 0 Å². The fourth-order valence-electron chi connectivity index (χ4n) is 1.53. The number of carbonyl (C=O) groups excluding carboxylic acids is 1. The smallest absolute Gasteiger partial charge is 0.233 e. The van der Waals surface area contributed by atoms with E-state index in [1.807, 2.05) is 13.2 Å². The highest BCUT2D eigenvalue weighted by atomic mass is 32.2. The molecule has 1 N–H and O–H groups in total. The normalized spacial score (nSPS) is 27.5. The highest BCUT2D eigenvalue weighted by Crippen LogP contribution is 2.39. The third-order valence-corrected chi connectivity index (χ3v) is 3.98. The summed E-state index contributed by atoms with van der Waals surface area (Å²) in [6.45, 7) is 6.38. The fraction of sp³-hybridized carbons (Fsp3) is 0.900. The number of rotatable bonds is 3. The molecule has 76 valence electrons. The molecule has 0 radical (unpaired) electrons. The van der Waals surface area contributed by atoms with Crippen LogP contribution in [-0.2, 0) is 4.79 Å². The summed E-state index contributed by atoms with van der Waals surface area (Å²) in [5.74, 6) is 0.185. The zero-order valence-corrected chi connectivity index (χ0v) is 9.70. The molecule has 1 saturated carbocycles. The van der Waals surface area contributed by atoms with Crippen LogP contribution in [0.5, 0.6) is 0 Å². The second-order valence-corrected chi connectivity index (χ2v) is 5.64. The highest BCUT2D eigenvalue weighted by molar-refractivity contribution is 7.99. The zero-order chi connectivity index (χ0) is 10.1. The Labute approximate surface area is 84.9 Å². The van der Waals surface area contributed by atoms with Crippen molar-refractivity contribution in [3.8, 4) is 0 Å². The number of amides is 1. The van der Waals surface area contributed by atoms with Gasteiger partial charge in [-0.05, 0) is 31.4 Å². The van der Waals surface area contributed by atoms with Crippen LogP contribution in [0.25, 0.3) is 0 Å². The van der Waals surface area contributed by atoms with E-state index in [9.17, 15) is 4.79 Å². The largest absolute Gasteiger partial charge is 0.352 e. The molecule has 1 aliphatic carbocycles. The molecule has 2 nitrogen and oxygen atoms in total. The summed E-state index contributed by atoms with van der Waals surface area (Å²) in [7, 11) is 0. The van der Waals surface area contributed by atoms with Crippen molar-refractivity contribution in [2.24, 2.45) is 5.41 Å². The minimum atomic E-state index is 0.0800. The zero-order valence-electron chi connectivity index (χ0n) is 8.89. The Morgan fingerprint density at radius 3 is 2.54 bits per heavy atom. The molecule has 0 spiro atoms. The first-order chi connectivity index (χ1) is 5.97. The van der Waals surface area contributed by atoms with Gasteiger partial charge in [-0.1, -0.05) is 13.8 Å². The van der Waals surface area contributed by atoms with Crippen LogP contribution in [0.4, 0.5) is 0 Å². The van der Waals surface area contributed by atoms with Gasteiger partial charge in [0.15, 0.2) is 0 Å². The first kappa shape index (κ1) is 10.9. The standard InChI is InChI=1S/C10H19NOS/c1-7(13-4)9(12)11-8-5-6-10(8,2)3/h7-8H,5-6H2,1-4H3,(H,11,12). The van der Waals surface area contributed by atoms with E-state index in [0.717, 1.165) is 6.42 Å². The van der Waals surface area contributed by atoms with E-state index in [-0.39, 0.29) is 11.2 Å². The predicted molar refractivity (Wildman–Crippen MR) is 57.9 cm³/mol. The van der Waals surface area contributed by atoms with Crippen LogP contribution >= 0.6 is 11.8 Å². The molecule has 0 bridgehead atoms. The van der Waals surface area contributed by atoms with Gasteiger partial charge in [0.25, 0.3) is 0 Å². The van der Waals surface area contributed by atoms with Crippen molar-refractivity contribution in [1.29, 1.82) is 0 Å². The molecule has 3 heteroatoms. The maximum Gasteiger partial charge on any atom is 0.233 e. The summed E-state index contributed by atoms with van der Waals surface area (Å²) in [6, 6.07) is 0.398. The van der Waals surface area contributed by atoms with E-state index in [4.69, 9.17) is 0 Å². The number of carbonyl (C=O) groups is 1. The minimum absolute atomic E-state index is 0.0800. The van der Waals surface area contributed by atoms with Gasteiger partial charge < -0.3 is 5.32 Å². The van der Waals surface area contributed by atoms with E-state index < -0.39 is 0 Å². The first-order valence-electron chi connectivity index (χ1n) is 4.80. The first-order valence-corrected chi connectivity index (χ1v) is 6.09. The van der Waals surface area contributed by atoms with Crippen LogP contribution in [-0.4, -0.2) is 23.5 Å². The van der Waals surface area contributed by atoms with Gasteiger partial charge in [0.2, 0.25) is 5.91 Å². The monoisotopic (exact) mass is 201 g/mol. The number of hydrogen-bond donors (Lipinski definition) is 1. The Bertz CT molecular complexity index is 203.